The van der Waals surface area contributed by atoms with E-state index < -0.39 is 29.8 Å². The highest BCUT2D eigenvalue weighted by molar-refractivity contribution is 7.07. The summed E-state index contributed by atoms with van der Waals surface area (Å²) in [5.74, 6) is -1.45. The first-order valence-corrected chi connectivity index (χ1v) is 11.8. The van der Waals surface area contributed by atoms with Gasteiger partial charge in [0.15, 0.2) is 5.57 Å². The van der Waals surface area contributed by atoms with Crippen LogP contribution in [-0.2, 0) is 20.9 Å². The van der Waals surface area contributed by atoms with Crippen molar-refractivity contribution in [3.05, 3.63) is 43.8 Å². The number of ether oxygens (including phenoxy) is 1. The molecule has 0 fully saturated rings. The molecular formula is C23H27F3N6O4S. The zero-order valence-electron chi connectivity index (χ0n) is 20.4. The van der Waals surface area contributed by atoms with Crippen molar-refractivity contribution in [2.24, 2.45) is 0 Å². The number of halogens is 3. The van der Waals surface area contributed by atoms with Crippen LogP contribution in [0.15, 0.2) is 29.1 Å². The summed E-state index contributed by atoms with van der Waals surface area (Å²) in [7, 11) is 3.37. The molecule has 3 N–H and O–H groups in total. The minimum absolute atomic E-state index is 0.0543. The van der Waals surface area contributed by atoms with Crippen LogP contribution in [0.1, 0.15) is 6.92 Å². The van der Waals surface area contributed by atoms with E-state index in [-0.39, 0.29) is 28.2 Å². The fourth-order valence-corrected chi connectivity index (χ4v) is 4.15. The van der Waals surface area contributed by atoms with Gasteiger partial charge in [0.25, 0.3) is 11.5 Å². The molecule has 1 aromatic carbocycles. The Kier molecular flexibility index (Phi) is 10.9. The lowest BCUT2D eigenvalue weighted by Crippen LogP contribution is -2.37. The monoisotopic (exact) mass is 540 g/mol. The van der Waals surface area contributed by atoms with Crippen LogP contribution in [0.25, 0.3) is 11.8 Å². The first kappa shape index (κ1) is 29.6. The van der Waals surface area contributed by atoms with Crippen molar-refractivity contribution in [1.29, 1.82) is 5.26 Å². The second kappa shape index (κ2) is 13.6. The number of carbonyl (C=O) groups is 2. The number of likely N-dealkylation sites (N-methyl/N-ethyl adjacent to an activating group) is 1. The van der Waals surface area contributed by atoms with Gasteiger partial charge in [-0.15, -0.1) is 11.3 Å². The van der Waals surface area contributed by atoms with E-state index in [9.17, 15) is 32.8 Å². The Labute approximate surface area is 214 Å². The number of methoxy groups -OCH3 is 1. The Hall–Kier alpha value is -3.67. The fourth-order valence-electron chi connectivity index (χ4n) is 3.06. The van der Waals surface area contributed by atoms with E-state index in [1.54, 1.807) is 61.6 Å². The standard InChI is InChI=1S/C23H27F3N6O4S/c1-4-32-21(35)18(37-22(32)17(11-27)20(34)29-14-23(24,25)26)12-28-15-6-5-7-16(10-15)30-19(33)13-31(2)8-9-36-3/h5-7,10,12,28H,4,8-9,13-14H2,1-3H3,(H,29,34)(H,30,33)/b18-12+,22-17-. The molecule has 37 heavy (non-hydrogen) atoms. The molecule has 0 radical (unpaired) electrons. The van der Waals surface area contributed by atoms with Crippen LogP contribution in [0.2, 0.25) is 0 Å². The van der Waals surface area contributed by atoms with Gasteiger partial charge in [-0.3, -0.25) is 23.9 Å². The number of nitriles is 1. The third kappa shape index (κ3) is 9.05. The smallest absolute Gasteiger partial charge is 0.383 e. The number of alkyl halides is 3. The van der Waals surface area contributed by atoms with Gasteiger partial charge in [0.1, 0.15) is 21.8 Å². The Morgan fingerprint density at radius 3 is 2.62 bits per heavy atom. The Bertz CT molecular complexity index is 1330. The van der Waals surface area contributed by atoms with Gasteiger partial charge in [-0.1, -0.05) is 6.07 Å². The van der Waals surface area contributed by atoms with Gasteiger partial charge < -0.3 is 20.7 Å². The molecule has 2 aromatic rings. The van der Waals surface area contributed by atoms with Crippen LogP contribution < -0.4 is 30.7 Å². The summed E-state index contributed by atoms with van der Waals surface area (Å²) in [6.07, 6.45) is -3.28. The highest BCUT2D eigenvalue weighted by Gasteiger charge is 2.28. The zero-order chi connectivity index (χ0) is 27.6. The highest BCUT2D eigenvalue weighted by Crippen LogP contribution is 2.15. The molecule has 1 heterocycles. The van der Waals surface area contributed by atoms with Crippen LogP contribution in [0.4, 0.5) is 24.5 Å². The summed E-state index contributed by atoms with van der Waals surface area (Å²) < 4.78 is 43.6. The third-order valence-electron chi connectivity index (χ3n) is 4.83. The van der Waals surface area contributed by atoms with Gasteiger partial charge in [0, 0.05) is 37.8 Å². The van der Waals surface area contributed by atoms with E-state index in [0.717, 1.165) is 15.9 Å². The van der Waals surface area contributed by atoms with Gasteiger partial charge >= 0.3 is 6.18 Å². The lowest BCUT2D eigenvalue weighted by Gasteiger charge is -2.15. The quantitative estimate of drug-likeness (QED) is 0.382. The van der Waals surface area contributed by atoms with Crippen LogP contribution in [-0.4, -0.2) is 67.9 Å². The molecule has 0 saturated heterocycles. The van der Waals surface area contributed by atoms with Crippen molar-refractivity contribution in [1.82, 2.24) is 14.8 Å². The molecule has 0 aliphatic heterocycles. The number of thiazole rings is 1. The van der Waals surface area contributed by atoms with Crippen LogP contribution in [0.3, 0.4) is 0 Å². The largest absolute Gasteiger partial charge is 0.405 e. The van der Waals surface area contributed by atoms with Crippen LogP contribution >= 0.6 is 11.3 Å². The Morgan fingerprint density at radius 1 is 1.30 bits per heavy atom. The maximum Gasteiger partial charge on any atom is 0.405 e. The molecule has 0 bridgehead atoms. The van der Waals surface area contributed by atoms with Gasteiger partial charge in [-0.05, 0) is 32.2 Å². The molecule has 0 spiro atoms. The van der Waals surface area contributed by atoms with Crippen molar-refractivity contribution in [3.63, 3.8) is 0 Å². The molecule has 2 rings (SSSR count). The number of rotatable bonds is 11. The molecular weight excluding hydrogens is 513 g/mol. The van der Waals surface area contributed by atoms with Crippen LogP contribution in [0, 0.1) is 11.3 Å². The normalized spacial score (nSPS) is 12.8. The zero-order valence-corrected chi connectivity index (χ0v) is 21.3. The van der Waals surface area contributed by atoms with E-state index in [2.05, 4.69) is 10.6 Å². The lowest BCUT2D eigenvalue weighted by atomic mass is 10.2. The molecule has 10 nitrogen and oxygen atoms in total. The summed E-state index contributed by atoms with van der Waals surface area (Å²) in [5.41, 5.74) is -0.0545. The molecule has 0 aliphatic carbocycles. The molecule has 14 heteroatoms. The van der Waals surface area contributed by atoms with Crippen molar-refractivity contribution in [2.75, 3.05) is 51.0 Å². The van der Waals surface area contributed by atoms with E-state index in [1.807, 2.05) is 0 Å². The van der Waals surface area contributed by atoms with Crippen molar-refractivity contribution in [2.45, 2.75) is 19.6 Å². The second-order valence-electron chi connectivity index (χ2n) is 7.75. The molecule has 1 aromatic heterocycles. The number of nitrogens with zero attached hydrogens (tertiary/aromatic N) is 3. The summed E-state index contributed by atoms with van der Waals surface area (Å²) in [4.78, 5) is 39.0. The highest BCUT2D eigenvalue weighted by atomic mass is 32.1. The summed E-state index contributed by atoms with van der Waals surface area (Å²) in [6, 6.07) is 8.32. The number of hydrogen-bond donors (Lipinski definition) is 3. The van der Waals surface area contributed by atoms with E-state index in [0.29, 0.717) is 24.5 Å². The molecule has 0 aliphatic rings. The minimum atomic E-state index is -4.65. The van der Waals surface area contributed by atoms with Gasteiger partial charge in [0.05, 0.1) is 13.2 Å². The van der Waals surface area contributed by atoms with E-state index in [1.165, 1.54) is 6.20 Å². The molecule has 0 unspecified atom stereocenters. The first-order chi connectivity index (χ1) is 17.5. The summed E-state index contributed by atoms with van der Waals surface area (Å²) in [5, 5.41) is 16.8. The van der Waals surface area contributed by atoms with E-state index >= 15 is 0 Å². The van der Waals surface area contributed by atoms with Crippen LogP contribution in [0.5, 0.6) is 0 Å². The number of amides is 2. The SMILES string of the molecule is CCn1c(=O)/c(=C\Nc2cccc(NC(=O)CN(C)CCOC)c2)s/c1=C(/C#N)C(=O)NCC(F)(F)F. The Morgan fingerprint density at radius 2 is 2.00 bits per heavy atom. The van der Waals surface area contributed by atoms with Crippen molar-refractivity contribution < 1.29 is 27.5 Å². The van der Waals surface area contributed by atoms with Gasteiger partial charge in [0.2, 0.25) is 5.91 Å². The number of nitrogens with one attached hydrogen (secondary N) is 3. The van der Waals surface area contributed by atoms with Crippen molar-refractivity contribution >= 4 is 46.3 Å². The number of aromatic nitrogens is 1. The van der Waals surface area contributed by atoms with Gasteiger partial charge in [-0.2, -0.15) is 18.4 Å². The molecule has 2 amide bonds. The number of carbonyl (C=O) groups excluding carboxylic acids is 2. The summed E-state index contributed by atoms with van der Waals surface area (Å²) in [6.45, 7) is 1.35. The topological polar surface area (TPSA) is 128 Å². The fraction of sp³-hybridized carbons (Fsp3) is 0.391. The van der Waals surface area contributed by atoms with E-state index in [4.69, 9.17) is 4.74 Å². The predicted octanol–water partition coefficient (Wildman–Crippen LogP) is 0.649. The number of benzene rings is 1. The average molecular weight is 541 g/mol. The number of hydrogen-bond acceptors (Lipinski definition) is 8. The third-order valence-corrected chi connectivity index (χ3v) is 5.96. The number of anilines is 2. The maximum absolute atomic E-state index is 12.8. The van der Waals surface area contributed by atoms with Gasteiger partial charge in [-0.25, -0.2) is 0 Å². The summed E-state index contributed by atoms with van der Waals surface area (Å²) >= 11 is 0.798. The molecule has 0 atom stereocenters. The average Bonchev–Trinajstić information content (AvgIpc) is 3.15. The molecule has 200 valence electrons. The molecule has 0 saturated carbocycles. The lowest BCUT2D eigenvalue weighted by molar-refractivity contribution is -0.135. The maximum atomic E-state index is 12.8. The predicted molar refractivity (Wildman–Crippen MR) is 134 cm³/mol. The van der Waals surface area contributed by atoms with Crippen molar-refractivity contribution in [3.8, 4) is 6.07 Å². The Balaban J connectivity index is 2.27. The first-order valence-electron chi connectivity index (χ1n) is 11.0. The second-order valence-corrected chi connectivity index (χ2v) is 8.78. The minimum Gasteiger partial charge on any atom is -0.383 e.